The lowest BCUT2D eigenvalue weighted by Gasteiger charge is -2.44. The number of piperidine rings is 1. The summed E-state index contributed by atoms with van der Waals surface area (Å²) in [7, 11) is 3.20. The lowest BCUT2D eigenvalue weighted by atomic mass is 9.82. The van der Waals surface area contributed by atoms with Crippen molar-refractivity contribution in [2.75, 3.05) is 33.4 Å². The van der Waals surface area contributed by atoms with Crippen molar-refractivity contribution in [1.29, 1.82) is 0 Å². The number of hydrogen-bond donors (Lipinski definition) is 0. The van der Waals surface area contributed by atoms with Crippen LogP contribution in [0.4, 0.5) is 0 Å². The number of nitrogens with zero attached hydrogens (tertiary/aromatic N) is 3. The first kappa shape index (κ1) is 30.9. The van der Waals surface area contributed by atoms with Gasteiger partial charge in [0.05, 0.1) is 49.6 Å². The molecule has 4 aromatic rings. The Morgan fingerprint density at radius 2 is 1.54 bits per heavy atom. The monoisotopic (exact) mass is 623 g/mol. The van der Waals surface area contributed by atoms with Crippen LogP contribution in [0.3, 0.4) is 0 Å². The number of carbonyl (C=O) groups excluding carboxylic acids is 3. The van der Waals surface area contributed by atoms with E-state index < -0.39 is 11.6 Å². The molecule has 0 atom stereocenters. The van der Waals surface area contributed by atoms with Crippen LogP contribution in [0.25, 0.3) is 22.3 Å². The van der Waals surface area contributed by atoms with E-state index in [4.69, 9.17) is 18.9 Å². The Kier molecular flexibility index (Phi) is 8.53. The van der Waals surface area contributed by atoms with Gasteiger partial charge in [-0.2, -0.15) is 5.10 Å². The van der Waals surface area contributed by atoms with Gasteiger partial charge in [0.1, 0.15) is 22.8 Å². The molecule has 0 bridgehead atoms. The van der Waals surface area contributed by atoms with Gasteiger partial charge in [0.15, 0.2) is 5.78 Å². The van der Waals surface area contributed by atoms with Crippen molar-refractivity contribution in [2.24, 2.45) is 7.05 Å². The van der Waals surface area contributed by atoms with E-state index in [1.54, 1.807) is 40.0 Å². The molecule has 0 aliphatic carbocycles. The molecule has 10 heteroatoms. The number of fused-ring (bicyclic) bond motifs is 1. The molecule has 238 valence electrons. The van der Waals surface area contributed by atoms with Crippen molar-refractivity contribution in [2.45, 2.75) is 38.7 Å². The number of rotatable bonds is 8. The maximum atomic E-state index is 13.9. The van der Waals surface area contributed by atoms with Gasteiger partial charge in [0, 0.05) is 50.3 Å². The van der Waals surface area contributed by atoms with Crippen molar-refractivity contribution in [1.82, 2.24) is 14.7 Å². The second-order valence-electron chi connectivity index (χ2n) is 11.6. The molecule has 46 heavy (non-hydrogen) atoms. The summed E-state index contributed by atoms with van der Waals surface area (Å²) in [6, 6.07) is 16.2. The fourth-order valence-electron chi connectivity index (χ4n) is 6.25. The normalized spacial score (nSPS) is 15.2. The van der Waals surface area contributed by atoms with Gasteiger partial charge < -0.3 is 23.8 Å². The van der Waals surface area contributed by atoms with Crippen molar-refractivity contribution < 1.29 is 33.3 Å². The van der Waals surface area contributed by atoms with E-state index in [2.05, 4.69) is 5.10 Å². The number of ketones is 1. The number of esters is 1. The zero-order valence-electron chi connectivity index (χ0n) is 26.5. The summed E-state index contributed by atoms with van der Waals surface area (Å²) in [5.41, 5.74) is 4.16. The predicted molar refractivity (Wildman–Crippen MR) is 172 cm³/mol. The SMILES string of the molecule is CCOc1cc(C(=O)N2CCC3(CC2)CC(=O)c2cc(-c4cnn(C)c4)ccc2O3)cc(OCC)c1-c1ccc(C(=O)OC)cc1. The zero-order valence-corrected chi connectivity index (χ0v) is 26.5. The molecular weight excluding hydrogens is 586 g/mol. The Labute approximate surface area is 267 Å². The molecule has 0 unspecified atom stereocenters. The lowest BCUT2D eigenvalue weighted by molar-refractivity contribution is -0.00573. The number of amides is 1. The summed E-state index contributed by atoms with van der Waals surface area (Å²) in [4.78, 5) is 41.0. The van der Waals surface area contributed by atoms with E-state index in [1.165, 1.54) is 7.11 Å². The highest BCUT2D eigenvalue weighted by Gasteiger charge is 2.44. The number of aryl methyl sites for hydroxylation is 1. The molecule has 3 heterocycles. The van der Waals surface area contributed by atoms with E-state index in [1.807, 2.05) is 57.4 Å². The van der Waals surface area contributed by atoms with Crippen LogP contribution in [0.2, 0.25) is 0 Å². The molecule has 2 aliphatic heterocycles. The second kappa shape index (κ2) is 12.7. The first-order chi connectivity index (χ1) is 22.2. The Morgan fingerprint density at radius 3 is 2.13 bits per heavy atom. The summed E-state index contributed by atoms with van der Waals surface area (Å²) < 4.78 is 25.1. The first-order valence-electron chi connectivity index (χ1n) is 15.5. The van der Waals surface area contributed by atoms with E-state index in [-0.39, 0.29) is 18.1 Å². The largest absolute Gasteiger partial charge is 0.493 e. The van der Waals surface area contributed by atoms with Gasteiger partial charge in [-0.15, -0.1) is 0 Å². The molecule has 1 aromatic heterocycles. The molecule has 0 radical (unpaired) electrons. The van der Waals surface area contributed by atoms with E-state index in [9.17, 15) is 14.4 Å². The number of carbonyl (C=O) groups is 3. The fraction of sp³-hybridized carbons (Fsp3) is 0.333. The van der Waals surface area contributed by atoms with Gasteiger partial charge in [-0.05, 0) is 61.4 Å². The summed E-state index contributed by atoms with van der Waals surface area (Å²) in [6.07, 6.45) is 5.03. The van der Waals surface area contributed by atoms with Gasteiger partial charge in [-0.3, -0.25) is 14.3 Å². The molecular formula is C36H37N3O7. The molecule has 1 amide bonds. The molecule has 1 fully saturated rings. The minimum atomic E-state index is -0.649. The van der Waals surface area contributed by atoms with Crippen LogP contribution in [0.1, 0.15) is 64.2 Å². The van der Waals surface area contributed by atoms with Gasteiger partial charge in [0.25, 0.3) is 5.91 Å². The van der Waals surface area contributed by atoms with E-state index in [0.29, 0.717) is 78.6 Å². The molecule has 0 N–H and O–H groups in total. The van der Waals surface area contributed by atoms with Gasteiger partial charge >= 0.3 is 5.97 Å². The minimum Gasteiger partial charge on any atom is -0.493 e. The third-order valence-corrected chi connectivity index (χ3v) is 8.60. The number of Topliss-reactive ketones (excluding diaryl/α,β-unsaturated/α-hetero) is 1. The molecule has 0 saturated carbocycles. The third-order valence-electron chi connectivity index (χ3n) is 8.60. The zero-order chi connectivity index (χ0) is 32.4. The van der Waals surface area contributed by atoms with E-state index in [0.717, 1.165) is 16.7 Å². The quantitative estimate of drug-likeness (QED) is 0.221. The maximum Gasteiger partial charge on any atom is 0.337 e. The number of methoxy groups -OCH3 is 1. The summed E-state index contributed by atoms with van der Waals surface area (Å²) >= 11 is 0. The van der Waals surface area contributed by atoms with Crippen LogP contribution in [0, 0.1) is 0 Å². The Morgan fingerprint density at radius 1 is 0.891 bits per heavy atom. The van der Waals surface area contributed by atoms with Crippen LogP contribution in [-0.2, 0) is 11.8 Å². The first-order valence-corrected chi connectivity index (χ1v) is 15.5. The average Bonchev–Trinajstić information content (AvgIpc) is 3.50. The summed E-state index contributed by atoms with van der Waals surface area (Å²) in [5.74, 6) is 1.09. The second-order valence-corrected chi connectivity index (χ2v) is 11.6. The average molecular weight is 624 g/mol. The van der Waals surface area contributed by atoms with Crippen LogP contribution in [-0.4, -0.2) is 71.4 Å². The maximum absolute atomic E-state index is 13.9. The Balaban J connectivity index is 1.21. The highest BCUT2D eigenvalue weighted by molar-refractivity contribution is 6.02. The predicted octanol–water partition coefficient (Wildman–Crippen LogP) is 5.98. The molecule has 6 rings (SSSR count). The molecule has 1 spiro atoms. The van der Waals surface area contributed by atoms with Crippen LogP contribution < -0.4 is 14.2 Å². The smallest absolute Gasteiger partial charge is 0.337 e. The minimum absolute atomic E-state index is 0.0460. The summed E-state index contributed by atoms with van der Waals surface area (Å²) in [6.45, 7) is 5.43. The highest BCUT2D eigenvalue weighted by atomic mass is 16.5. The van der Waals surface area contributed by atoms with E-state index >= 15 is 0 Å². The Bertz CT molecular complexity index is 1760. The molecule has 10 nitrogen and oxygen atoms in total. The van der Waals surface area contributed by atoms with Gasteiger partial charge in [-0.25, -0.2) is 4.79 Å². The molecule has 2 aliphatic rings. The van der Waals surface area contributed by atoms with Crippen LogP contribution in [0.5, 0.6) is 17.2 Å². The van der Waals surface area contributed by atoms with Crippen molar-refractivity contribution in [3.05, 3.63) is 83.7 Å². The fourth-order valence-corrected chi connectivity index (χ4v) is 6.25. The molecule has 1 saturated heterocycles. The van der Waals surface area contributed by atoms with Gasteiger partial charge in [-0.1, -0.05) is 18.2 Å². The highest BCUT2D eigenvalue weighted by Crippen LogP contribution is 2.43. The van der Waals surface area contributed by atoms with Crippen molar-refractivity contribution in [3.63, 3.8) is 0 Å². The van der Waals surface area contributed by atoms with Crippen LogP contribution in [0.15, 0.2) is 67.0 Å². The number of hydrogen-bond acceptors (Lipinski definition) is 8. The third kappa shape index (κ3) is 5.94. The lowest BCUT2D eigenvalue weighted by Crippen LogP contribution is -2.52. The molecule has 3 aromatic carbocycles. The van der Waals surface area contributed by atoms with Crippen molar-refractivity contribution >= 4 is 17.7 Å². The number of benzene rings is 3. The van der Waals surface area contributed by atoms with Gasteiger partial charge in [0.2, 0.25) is 0 Å². The number of aromatic nitrogens is 2. The van der Waals surface area contributed by atoms with Crippen LogP contribution >= 0.6 is 0 Å². The number of ether oxygens (including phenoxy) is 4. The topological polar surface area (TPSA) is 109 Å². The Hall–Kier alpha value is -5.12. The number of likely N-dealkylation sites (tertiary alicyclic amines) is 1. The summed E-state index contributed by atoms with van der Waals surface area (Å²) in [5, 5.41) is 4.23. The van der Waals surface area contributed by atoms with Crippen molar-refractivity contribution in [3.8, 4) is 39.5 Å². The standard InChI is InChI=1S/C36H37N3O7/c1-5-44-31-18-26(19-32(45-6-2)33(31)23-7-9-24(10-8-23)35(42)43-4)34(41)39-15-13-36(14-16-39)20-29(40)28-17-25(11-12-30(28)46-36)27-21-37-38(3)22-27/h7-12,17-19,21-22H,5-6,13-16,20H2,1-4H3.